The monoisotopic (exact) mass is 407 g/mol. The molecule has 1 aliphatic carbocycles. The molecule has 148 valence electrons. The summed E-state index contributed by atoms with van der Waals surface area (Å²) in [5.74, 6) is 0.187. The molecule has 29 heavy (non-hydrogen) atoms. The Bertz CT molecular complexity index is 1040. The van der Waals surface area contributed by atoms with E-state index in [0.717, 1.165) is 41.4 Å². The molecule has 1 N–H and O–H groups in total. The molecule has 1 aromatic carbocycles. The van der Waals surface area contributed by atoms with Crippen molar-refractivity contribution in [1.29, 1.82) is 0 Å². The van der Waals surface area contributed by atoms with Gasteiger partial charge in [-0.25, -0.2) is 9.97 Å². The molecule has 0 spiro atoms. The first-order valence-electron chi connectivity index (χ1n) is 9.84. The van der Waals surface area contributed by atoms with Crippen LogP contribution in [0.5, 0.6) is 0 Å². The van der Waals surface area contributed by atoms with E-state index in [1.807, 2.05) is 29.2 Å². The van der Waals surface area contributed by atoms with E-state index in [1.165, 1.54) is 0 Å². The fourth-order valence-corrected chi connectivity index (χ4v) is 4.46. The zero-order valence-electron chi connectivity index (χ0n) is 15.9. The number of carbonyl (C=O) groups excluding carboxylic acids is 2. The predicted molar refractivity (Wildman–Crippen MR) is 113 cm³/mol. The lowest BCUT2D eigenvalue weighted by atomic mass is 10.1. The molecule has 8 heteroatoms. The molecule has 1 aliphatic heterocycles. The minimum atomic E-state index is -0.00172. The zero-order valence-corrected chi connectivity index (χ0v) is 16.7. The molecule has 2 aromatic heterocycles. The highest BCUT2D eigenvalue weighted by molar-refractivity contribution is 7.21. The molecular weight excluding hydrogens is 386 g/mol. The van der Waals surface area contributed by atoms with E-state index in [9.17, 15) is 9.59 Å². The van der Waals surface area contributed by atoms with E-state index >= 15 is 0 Å². The first-order valence-corrected chi connectivity index (χ1v) is 10.7. The van der Waals surface area contributed by atoms with Gasteiger partial charge in [0.2, 0.25) is 5.91 Å². The molecule has 3 aromatic rings. The molecule has 2 amide bonds. The second-order valence-electron chi connectivity index (χ2n) is 7.45. The van der Waals surface area contributed by atoms with Crippen LogP contribution in [0.25, 0.3) is 10.3 Å². The Morgan fingerprint density at radius 2 is 1.90 bits per heavy atom. The number of pyridine rings is 1. The molecule has 1 saturated carbocycles. The van der Waals surface area contributed by atoms with Crippen molar-refractivity contribution in [3.8, 4) is 0 Å². The SMILES string of the molecule is O=C(Nc1cccc(C(=O)N2CCN(c3nc4cccnc4s3)CC2)c1)C1CC1. The number of aromatic nitrogens is 2. The number of amides is 2. The van der Waals surface area contributed by atoms with Crippen LogP contribution in [0.15, 0.2) is 42.6 Å². The van der Waals surface area contributed by atoms with Crippen LogP contribution in [0.1, 0.15) is 23.2 Å². The van der Waals surface area contributed by atoms with Crippen LogP contribution in [0.2, 0.25) is 0 Å². The third-order valence-corrected chi connectivity index (χ3v) is 6.36. The molecule has 2 aliphatic rings. The Balaban J connectivity index is 1.23. The maximum atomic E-state index is 12.9. The van der Waals surface area contributed by atoms with Gasteiger partial charge in [-0.3, -0.25) is 9.59 Å². The number of thiazole rings is 1. The Hall–Kier alpha value is -3.00. The fourth-order valence-electron chi connectivity index (χ4n) is 3.50. The molecule has 0 unspecified atom stereocenters. The summed E-state index contributed by atoms with van der Waals surface area (Å²) in [6, 6.07) is 11.1. The average molecular weight is 407 g/mol. The topological polar surface area (TPSA) is 78.4 Å². The van der Waals surface area contributed by atoms with E-state index in [4.69, 9.17) is 0 Å². The summed E-state index contributed by atoms with van der Waals surface area (Å²) in [5.41, 5.74) is 2.21. The van der Waals surface area contributed by atoms with Crippen LogP contribution in [0, 0.1) is 5.92 Å². The number of nitrogens with one attached hydrogen (secondary N) is 1. The number of nitrogens with zero attached hydrogens (tertiary/aromatic N) is 4. The number of piperazine rings is 1. The number of carbonyl (C=O) groups is 2. The Kier molecular flexibility index (Phi) is 4.63. The van der Waals surface area contributed by atoms with Gasteiger partial charge in [0.05, 0.1) is 0 Å². The third-order valence-electron chi connectivity index (χ3n) is 5.32. The van der Waals surface area contributed by atoms with Gasteiger partial charge in [0.25, 0.3) is 5.91 Å². The summed E-state index contributed by atoms with van der Waals surface area (Å²) in [4.78, 5) is 38.9. The normalized spacial score (nSPS) is 16.8. The van der Waals surface area contributed by atoms with Crippen molar-refractivity contribution in [1.82, 2.24) is 14.9 Å². The van der Waals surface area contributed by atoms with Crippen LogP contribution in [-0.4, -0.2) is 52.9 Å². The second kappa shape index (κ2) is 7.44. The van der Waals surface area contributed by atoms with E-state index in [0.29, 0.717) is 24.3 Å². The second-order valence-corrected chi connectivity index (χ2v) is 8.40. The van der Waals surface area contributed by atoms with E-state index in [1.54, 1.807) is 29.7 Å². The Morgan fingerprint density at radius 3 is 2.66 bits per heavy atom. The Labute approximate surface area is 172 Å². The molecule has 1 saturated heterocycles. The van der Waals surface area contributed by atoms with Gasteiger partial charge in [-0.05, 0) is 43.2 Å². The maximum Gasteiger partial charge on any atom is 0.254 e. The largest absolute Gasteiger partial charge is 0.344 e. The van der Waals surface area contributed by atoms with Gasteiger partial charge in [0, 0.05) is 49.5 Å². The lowest BCUT2D eigenvalue weighted by molar-refractivity contribution is -0.117. The van der Waals surface area contributed by atoms with Gasteiger partial charge in [0.15, 0.2) is 5.13 Å². The highest BCUT2D eigenvalue weighted by Gasteiger charge is 2.30. The quantitative estimate of drug-likeness (QED) is 0.719. The number of hydrogen-bond donors (Lipinski definition) is 1. The fraction of sp³-hybridized carbons (Fsp3) is 0.333. The van der Waals surface area contributed by atoms with E-state index in [2.05, 4.69) is 20.2 Å². The minimum absolute atomic E-state index is 0.00172. The zero-order chi connectivity index (χ0) is 19.8. The lowest BCUT2D eigenvalue weighted by Crippen LogP contribution is -2.48. The Morgan fingerprint density at radius 1 is 1.07 bits per heavy atom. The highest BCUT2D eigenvalue weighted by atomic mass is 32.1. The van der Waals surface area contributed by atoms with Crippen LogP contribution >= 0.6 is 11.3 Å². The number of rotatable bonds is 4. The summed E-state index contributed by atoms with van der Waals surface area (Å²) < 4.78 is 0. The van der Waals surface area contributed by atoms with Crippen molar-refractivity contribution in [2.75, 3.05) is 36.4 Å². The summed E-state index contributed by atoms with van der Waals surface area (Å²) >= 11 is 1.58. The van der Waals surface area contributed by atoms with Gasteiger partial charge in [0.1, 0.15) is 10.3 Å². The predicted octanol–water partition coefficient (Wildman–Crippen LogP) is 3.00. The van der Waals surface area contributed by atoms with Crippen molar-refractivity contribution in [2.24, 2.45) is 5.92 Å². The number of fused-ring (bicyclic) bond motifs is 1. The van der Waals surface area contributed by atoms with Crippen LogP contribution < -0.4 is 10.2 Å². The molecule has 3 heterocycles. The van der Waals surface area contributed by atoms with Gasteiger partial charge >= 0.3 is 0 Å². The number of anilines is 2. The van der Waals surface area contributed by atoms with Crippen LogP contribution in [0.4, 0.5) is 10.8 Å². The van der Waals surface area contributed by atoms with Crippen molar-refractivity contribution in [3.05, 3.63) is 48.2 Å². The molecule has 2 fully saturated rings. The standard InChI is InChI=1S/C21H21N5O2S/c27-18(14-6-7-14)23-16-4-1-3-15(13-16)20(28)25-9-11-26(12-10-25)21-24-17-5-2-8-22-19(17)29-21/h1-5,8,13-14H,6-7,9-12H2,(H,23,27). The van der Waals surface area contributed by atoms with Gasteiger partial charge in [-0.1, -0.05) is 17.4 Å². The van der Waals surface area contributed by atoms with Gasteiger partial charge < -0.3 is 15.1 Å². The van der Waals surface area contributed by atoms with Crippen LogP contribution in [0.3, 0.4) is 0 Å². The summed E-state index contributed by atoms with van der Waals surface area (Å²) in [6.45, 7) is 2.76. The lowest BCUT2D eigenvalue weighted by Gasteiger charge is -2.34. The molecule has 0 bridgehead atoms. The molecule has 0 atom stereocenters. The van der Waals surface area contributed by atoms with Crippen molar-refractivity contribution in [3.63, 3.8) is 0 Å². The van der Waals surface area contributed by atoms with Gasteiger partial charge in [-0.15, -0.1) is 0 Å². The third kappa shape index (κ3) is 3.80. The molecule has 7 nitrogen and oxygen atoms in total. The summed E-state index contributed by atoms with van der Waals surface area (Å²) in [6.07, 6.45) is 3.70. The van der Waals surface area contributed by atoms with Crippen molar-refractivity contribution in [2.45, 2.75) is 12.8 Å². The van der Waals surface area contributed by atoms with Crippen molar-refractivity contribution < 1.29 is 9.59 Å². The van der Waals surface area contributed by atoms with Gasteiger partial charge in [-0.2, -0.15) is 0 Å². The first kappa shape index (κ1) is 18.1. The van der Waals surface area contributed by atoms with Crippen LogP contribution in [-0.2, 0) is 4.79 Å². The summed E-state index contributed by atoms with van der Waals surface area (Å²) in [5, 5.41) is 3.87. The molecular formula is C21H21N5O2S. The summed E-state index contributed by atoms with van der Waals surface area (Å²) in [7, 11) is 0. The first-order chi connectivity index (χ1) is 14.2. The highest BCUT2D eigenvalue weighted by Crippen LogP contribution is 2.30. The molecule has 5 rings (SSSR count). The van der Waals surface area contributed by atoms with Crippen molar-refractivity contribution >= 4 is 44.3 Å². The smallest absolute Gasteiger partial charge is 0.254 e. The maximum absolute atomic E-state index is 12.9. The number of benzene rings is 1. The number of hydrogen-bond acceptors (Lipinski definition) is 6. The minimum Gasteiger partial charge on any atom is -0.344 e. The van der Waals surface area contributed by atoms with E-state index in [-0.39, 0.29) is 17.7 Å². The molecule has 0 radical (unpaired) electrons. The van der Waals surface area contributed by atoms with E-state index < -0.39 is 0 Å². The average Bonchev–Trinajstić information content (AvgIpc) is 3.52.